The monoisotopic (exact) mass is 294 g/mol. The van der Waals surface area contributed by atoms with Crippen LogP contribution in [0.25, 0.3) is 0 Å². The van der Waals surface area contributed by atoms with E-state index < -0.39 is 9.84 Å². The van der Waals surface area contributed by atoms with Gasteiger partial charge in [0.05, 0.1) is 11.5 Å². The Balaban J connectivity index is 2.03. The van der Waals surface area contributed by atoms with E-state index >= 15 is 0 Å². The highest BCUT2D eigenvalue weighted by Gasteiger charge is 2.38. The molecule has 15 heavy (non-hydrogen) atoms. The van der Waals surface area contributed by atoms with Crippen LogP contribution in [0.4, 0.5) is 0 Å². The van der Waals surface area contributed by atoms with Gasteiger partial charge in [0.25, 0.3) is 0 Å². The molecule has 0 spiro atoms. The number of sulfone groups is 1. The fraction of sp³-hybridized carbons (Fsp3) is 1.00. The average Bonchev–Trinajstić information content (AvgIpc) is 2.50. The normalized spacial score (nSPS) is 45.5. The smallest absolute Gasteiger partial charge is 0.150 e. The molecule has 2 aliphatic rings. The maximum absolute atomic E-state index is 11.5. The molecule has 4 heteroatoms. The molecule has 1 saturated carbocycles. The van der Waals surface area contributed by atoms with Crippen molar-refractivity contribution in [1.29, 1.82) is 0 Å². The molecule has 0 aromatic rings. The second-order valence-electron chi connectivity index (χ2n) is 5.26. The summed E-state index contributed by atoms with van der Waals surface area (Å²) >= 11 is 3.73. The van der Waals surface area contributed by atoms with Crippen molar-refractivity contribution in [2.24, 2.45) is 17.8 Å². The third-order valence-electron chi connectivity index (χ3n) is 3.95. The second kappa shape index (κ2) is 4.36. The van der Waals surface area contributed by atoms with Crippen LogP contribution in [0.5, 0.6) is 0 Å². The number of rotatable bonds is 1. The van der Waals surface area contributed by atoms with E-state index in [1.165, 1.54) is 19.3 Å². The summed E-state index contributed by atoms with van der Waals surface area (Å²) in [5, 5.41) is 0. The Bertz CT molecular complexity index is 325. The lowest BCUT2D eigenvalue weighted by Crippen LogP contribution is -2.31. The highest BCUT2D eigenvalue weighted by Crippen LogP contribution is 2.41. The lowest BCUT2D eigenvalue weighted by molar-refractivity contribution is 0.230. The van der Waals surface area contributed by atoms with Gasteiger partial charge in [-0.05, 0) is 43.4 Å². The molecule has 1 saturated heterocycles. The van der Waals surface area contributed by atoms with Crippen molar-refractivity contribution in [3.05, 3.63) is 0 Å². The summed E-state index contributed by atoms with van der Waals surface area (Å²) in [6.07, 6.45) is 4.59. The van der Waals surface area contributed by atoms with Crippen LogP contribution in [0.3, 0.4) is 0 Å². The highest BCUT2D eigenvalue weighted by molar-refractivity contribution is 9.09. The van der Waals surface area contributed by atoms with E-state index in [0.29, 0.717) is 28.2 Å². The van der Waals surface area contributed by atoms with Gasteiger partial charge >= 0.3 is 0 Å². The van der Waals surface area contributed by atoms with Gasteiger partial charge in [0.2, 0.25) is 0 Å². The first-order valence-corrected chi connectivity index (χ1v) is 8.56. The lowest BCUT2D eigenvalue weighted by atomic mass is 9.75. The zero-order valence-electron chi connectivity index (χ0n) is 9.15. The van der Waals surface area contributed by atoms with E-state index in [1.54, 1.807) is 0 Å². The number of hydrogen-bond donors (Lipinski definition) is 0. The van der Waals surface area contributed by atoms with Crippen LogP contribution in [0, 0.1) is 17.8 Å². The van der Waals surface area contributed by atoms with Crippen LogP contribution < -0.4 is 0 Å². The number of halogens is 1. The minimum Gasteiger partial charge on any atom is -0.229 e. The molecule has 0 N–H and O–H groups in total. The van der Waals surface area contributed by atoms with Crippen LogP contribution in [-0.2, 0) is 9.84 Å². The Morgan fingerprint density at radius 1 is 1.20 bits per heavy atom. The Kier molecular flexibility index (Phi) is 3.46. The first-order chi connectivity index (χ1) is 6.98. The lowest BCUT2D eigenvalue weighted by Gasteiger charge is -2.35. The van der Waals surface area contributed by atoms with Gasteiger partial charge in [-0.25, -0.2) is 8.42 Å². The SMILES string of the molecule is CC1CCC(Br)C(C2CCS(=O)(=O)C2)C1. The first-order valence-electron chi connectivity index (χ1n) is 5.82. The summed E-state index contributed by atoms with van der Waals surface area (Å²) < 4.78 is 22.9. The third-order valence-corrected chi connectivity index (χ3v) is 6.88. The molecule has 0 radical (unpaired) electrons. The molecule has 2 rings (SSSR count). The van der Waals surface area contributed by atoms with Gasteiger partial charge in [-0.2, -0.15) is 0 Å². The van der Waals surface area contributed by atoms with Crippen LogP contribution in [0.1, 0.15) is 32.6 Å². The van der Waals surface area contributed by atoms with Crippen molar-refractivity contribution in [3.8, 4) is 0 Å². The van der Waals surface area contributed by atoms with Gasteiger partial charge in [-0.15, -0.1) is 0 Å². The molecule has 0 amide bonds. The summed E-state index contributed by atoms with van der Waals surface area (Å²) in [4.78, 5) is 0.548. The van der Waals surface area contributed by atoms with Crippen molar-refractivity contribution in [2.75, 3.05) is 11.5 Å². The van der Waals surface area contributed by atoms with Crippen LogP contribution >= 0.6 is 15.9 Å². The average molecular weight is 295 g/mol. The molecule has 0 aromatic heterocycles. The predicted molar refractivity (Wildman–Crippen MR) is 66.0 cm³/mol. The molecule has 2 nitrogen and oxygen atoms in total. The second-order valence-corrected chi connectivity index (χ2v) is 8.67. The van der Waals surface area contributed by atoms with E-state index in [-0.39, 0.29) is 0 Å². The number of alkyl halides is 1. The van der Waals surface area contributed by atoms with E-state index in [4.69, 9.17) is 0 Å². The minimum atomic E-state index is -2.71. The number of hydrogen-bond acceptors (Lipinski definition) is 2. The van der Waals surface area contributed by atoms with Crippen LogP contribution in [0.2, 0.25) is 0 Å². The van der Waals surface area contributed by atoms with Gasteiger partial charge in [-0.1, -0.05) is 22.9 Å². The minimum absolute atomic E-state index is 0.419. The molecule has 4 atom stereocenters. The highest BCUT2D eigenvalue weighted by atomic mass is 79.9. The van der Waals surface area contributed by atoms with E-state index in [0.717, 1.165) is 12.3 Å². The molecular formula is C11H19BrO2S. The van der Waals surface area contributed by atoms with Crippen molar-refractivity contribution < 1.29 is 8.42 Å². The zero-order valence-corrected chi connectivity index (χ0v) is 11.6. The van der Waals surface area contributed by atoms with Crippen molar-refractivity contribution in [1.82, 2.24) is 0 Å². The summed E-state index contributed by atoms with van der Waals surface area (Å²) in [5.41, 5.74) is 0. The molecule has 2 fully saturated rings. The summed E-state index contributed by atoms with van der Waals surface area (Å²) in [5.74, 6) is 2.63. The van der Waals surface area contributed by atoms with Crippen LogP contribution in [-0.4, -0.2) is 24.8 Å². The Morgan fingerprint density at radius 2 is 1.93 bits per heavy atom. The van der Waals surface area contributed by atoms with Gasteiger partial charge in [0.1, 0.15) is 0 Å². The predicted octanol–water partition coefficient (Wildman–Crippen LogP) is 2.62. The largest absolute Gasteiger partial charge is 0.229 e. The molecule has 1 aliphatic carbocycles. The Morgan fingerprint density at radius 3 is 2.53 bits per heavy atom. The van der Waals surface area contributed by atoms with Crippen molar-refractivity contribution in [2.45, 2.75) is 37.4 Å². The maximum atomic E-state index is 11.5. The van der Waals surface area contributed by atoms with Crippen molar-refractivity contribution >= 4 is 25.8 Å². The molecule has 1 heterocycles. The van der Waals surface area contributed by atoms with E-state index in [9.17, 15) is 8.42 Å². The molecule has 1 aliphatic heterocycles. The van der Waals surface area contributed by atoms with Crippen LogP contribution in [0.15, 0.2) is 0 Å². The molecule has 0 aromatic carbocycles. The summed E-state index contributed by atoms with van der Waals surface area (Å²) in [7, 11) is -2.71. The Hall–Kier alpha value is 0.430. The van der Waals surface area contributed by atoms with Gasteiger partial charge in [0.15, 0.2) is 9.84 Å². The topological polar surface area (TPSA) is 34.1 Å². The van der Waals surface area contributed by atoms with Gasteiger partial charge in [-0.3, -0.25) is 0 Å². The molecular weight excluding hydrogens is 276 g/mol. The fourth-order valence-corrected chi connectivity index (χ4v) is 5.84. The third kappa shape index (κ3) is 2.76. The zero-order chi connectivity index (χ0) is 11.1. The van der Waals surface area contributed by atoms with E-state index in [2.05, 4.69) is 22.9 Å². The van der Waals surface area contributed by atoms with Gasteiger partial charge < -0.3 is 0 Å². The van der Waals surface area contributed by atoms with Crippen molar-refractivity contribution in [3.63, 3.8) is 0 Å². The molecule has 4 unspecified atom stereocenters. The molecule has 0 bridgehead atoms. The fourth-order valence-electron chi connectivity index (χ4n) is 3.04. The standard InChI is InChI=1S/C11H19BrO2S/c1-8-2-3-11(12)10(6-8)9-4-5-15(13,14)7-9/h8-11H,2-7H2,1H3. The summed E-state index contributed by atoms with van der Waals surface area (Å²) in [6.45, 7) is 2.29. The van der Waals surface area contributed by atoms with E-state index in [1.807, 2.05) is 0 Å². The Labute approximate surface area is 101 Å². The quantitative estimate of drug-likeness (QED) is 0.697. The van der Waals surface area contributed by atoms with Gasteiger partial charge in [0, 0.05) is 4.83 Å². The summed E-state index contributed by atoms with van der Waals surface area (Å²) in [6, 6.07) is 0. The first kappa shape index (κ1) is 11.9. The maximum Gasteiger partial charge on any atom is 0.150 e. The molecule has 88 valence electrons.